The first-order valence-corrected chi connectivity index (χ1v) is 8.60. The van der Waals surface area contributed by atoms with Crippen molar-refractivity contribution in [3.8, 4) is 0 Å². The van der Waals surface area contributed by atoms with Gasteiger partial charge < -0.3 is 10.2 Å². The minimum Gasteiger partial charge on any atom is -0.320 e. The van der Waals surface area contributed by atoms with E-state index in [9.17, 15) is 4.79 Å². The summed E-state index contributed by atoms with van der Waals surface area (Å²) in [6, 6.07) is 4.87. The number of hydrogen-bond acceptors (Lipinski definition) is 5. The van der Waals surface area contributed by atoms with Crippen molar-refractivity contribution >= 4 is 34.9 Å². The highest BCUT2D eigenvalue weighted by Gasteiger charge is 2.33. The van der Waals surface area contributed by atoms with Gasteiger partial charge in [0.25, 0.3) is 0 Å². The molecule has 0 saturated carbocycles. The van der Waals surface area contributed by atoms with Gasteiger partial charge in [-0.25, -0.2) is 9.48 Å². The summed E-state index contributed by atoms with van der Waals surface area (Å²) in [5, 5.41) is 20.0. The lowest BCUT2D eigenvalue weighted by Crippen LogP contribution is -2.52. The summed E-state index contributed by atoms with van der Waals surface area (Å²) < 4.78 is 1.77. The first-order valence-electron chi connectivity index (χ1n) is 7.84. The van der Waals surface area contributed by atoms with Crippen LogP contribution in [0.1, 0.15) is 11.7 Å². The number of amides is 2. The quantitative estimate of drug-likeness (QED) is 0.734. The molecular formula is C15H14Cl2N8O. The fourth-order valence-corrected chi connectivity index (χ4v) is 2.90. The molecule has 1 fully saturated rings. The minimum absolute atomic E-state index is 0.0985. The lowest BCUT2D eigenvalue weighted by atomic mass is 10.1. The van der Waals surface area contributed by atoms with Crippen LogP contribution in [0.5, 0.6) is 0 Å². The first kappa shape index (κ1) is 16.8. The van der Waals surface area contributed by atoms with E-state index in [-0.39, 0.29) is 12.1 Å². The number of hydrogen-bond donors (Lipinski definition) is 1. The van der Waals surface area contributed by atoms with E-state index in [1.807, 2.05) is 6.20 Å². The fraction of sp³-hybridized carbons (Fsp3) is 0.267. The van der Waals surface area contributed by atoms with Gasteiger partial charge in [0.2, 0.25) is 0 Å². The SMILES string of the molecule is O=C(Nc1ccc(Cl)c(Cl)c1)N1CC(n2cc(Cn3nccn3)nn2)C1. The molecule has 0 radical (unpaired) electrons. The van der Waals surface area contributed by atoms with Gasteiger partial charge in [-0.3, -0.25) is 0 Å². The summed E-state index contributed by atoms with van der Waals surface area (Å²) >= 11 is 11.8. The molecule has 1 saturated heterocycles. The third kappa shape index (κ3) is 3.49. The second-order valence-electron chi connectivity index (χ2n) is 5.87. The van der Waals surface area contributed by atoms with Gasteiger partial charge in [0.05, 0.1) is 34.7 Å². The number of benzene rings is 1. The molecule has 3 heterocycles. The van der Waals surface area contributed by atoms with E-state index in [1.54, 1.807) is 40.2 Å². The molecule has 1 N–H and O–H groups in total. The van der Waals surface area contributed by atoms with Crippen LogP contribution in [0.25, 0.3) is 0 Å². The number of rotatable bonds is 4. The van der Waals surface area contributed by atoms with Crippen LogP contribution in [-0.2, 0) is 6.54 Å². The molecule has 0 atom stereocenters. The van der Waals surface area contributed by atoms with Crippen LogP contribution >= 0.6 is 23.2 Å². The van der Waals surface area contributed by atoms with Gasteiger partial charge in [-0.2, -0.15) is 15.0 Å². The number of nitrogens with zero attached hydrogens (tertiary/aromatic N) is 7. The Morgan fingerprint density at radius 3 is 2.69 bits per heavy atom. The molecular weight excluding hydrogens is 379 g/mol. The van der Waals surface area contributed by atoms with Crippen LogP contribution in [-0.4, -0.2) is 54.0 Å². The Balaban J connectivity index is 1.31. The number of likely N-dealkylation sites (tertiary alicyclic amines) is 1. The van der Waals surface area contributed by atoms with Crippen LogP contribution in [0.15, 0.2) is 36.8 Å². The smallest absolute Gasteiger partial charge is 0.320 e. The summed E-state index contributed by atoms with van der Waals surface area (Å²) in [5.41, 5.74) is 1.36. The molecule has 4 rings (SSSR count). The highest BCUT2D eigenvalue weighted by molar-refractivity contribution is 6.42. The zero-order valence-corrected chi connectivity index (χ0v) is 15.0. The predicted octanol–water partition coefficient (Wildman–Crippen LogP) is 2.31. The summed E-state index contributed by atoms with van der Waals surface area (Å²) in [6.45, 7) is 1.56. The van der Waals surface area contributed by atoms with Gasteiger partial charge in [0.1, 0.15) is 12.2 Å². The Hall–Kier alpha value is -2.65. The summed E-state index contributed by atoms with van der Waals surface area (Å²) in [6.07, 6.45) is 5.07. The van der Waals surface area contributed by atoms with Crippen molar-refractivity contribution in [3.63, 3.8) is 0 Å². The van der Waals surface area contributed by atoms with Crippen molar-refractivity contribution in [1.29, 1.82) is 0 Å². The number of anilines is 1. The van der Waals surface area contributed by atoms with Gasteiger partial charge >= 0.3 is 6.03 Å². The summed E-state index contributed by atoms with van der Waals surface area (Å²) in [4.78, 5) is 15.5. The third-order valence-electron chi connectivity index (χ3n) is 4.02. The van der Waals surface area contributed by atoms with Crippen LogP contribution < -0.4 is 5.32 Å². The molecule has 134 valence electrons. The zero-order chi connectivity index (χ0) is 18.1. The Morgan fingerprint density at radius 2 is 1.96 bits per heavy atom. The van der Waals surface area contributed by atoms with Gasteiger partial charge in [-0.1, -0.05) is 28.4 Å². The van der Waals surface area contributed by atoms with E-state index >= 15 is 0 Å². The van der Waals surface area contributed by atoms with Gasteiger partial charge in [0, 0.05) is 18.8 Å². The minimum atomic E-state index is -0.194. The average molecular weight is 393 g/mol. The molecule has 0 bridgehead atoms. The second-order valence-corrected chi connectivity index (χ2v) is 6.68. The highest BCUT2D eigenvalue weighted by Crippen LogP contribution is 2.26. The Kier molecular flexibility index (Phi) is 4.48. The monoisotopic (exact) mass is 392 g/mol. The maximum absolute atomic E-state index is 12.3. The van der Waals surface area contributed by atoms with E-state index < -0.39 is 0 Å². The molecule has 0 aliphatic carbocycles. The largest absolute Gasteiger partial charge is 0.321 e. The topological polar surface area (TPSA) is 93.8 Å². The third-order valence-corrected chi connectivity index (χ3v) is 4.76. The van der Waals surface area contributed by atoms with E-state index in [0.717, 1.165) is 5.69 Å². The molecule has 0 unspecified atom stereocenters. The number of carbonyl (C=O) groups is 1. The van der Waals surface area contributed by atoms with Crippen LogP contribution in [0, 0.1) is 0 Å². The first-order chi connectivity index (χ1) is 12.6. The van der Waals surface area contributed by atoms with E-state index in [1.165, 1.54) is 4.80 Å². The molecule has 11 heteroatoms. The number of carbonyl (C=O) groups excluding carboxylic acids is 1. The Bertz CT molecular complexity index is 920. The second kappa shape index (κ2) is 6.93. The van der Waals surface area contributed by atoms with E-state index in [4.69, 9.17) is 23.2 Å². The zero-order valence-electron chi connectivity index (χ0n) is 13.5. The van der Waals surface area contributed by atoms with Gasteiger partial charge in [0.15, 0.2) is 0 Å². The normalized spacial score (nSPS) is 14.3. The molecule has 2 aromatic heterocycles. The van der Waals surface area contributed by atoms with Gasteiger partial charge in [-0.05, 0) is 18.2 Å². The van der Waals surface area contributed by atoms with Crippen molar-refractivity contribution in [2.45, 2.75) is 12.6 Å². The number of urea groups is 1. The summed E-state index contributed by atoms with van der Waals surface area (Å²) in [7, 11) is 0. The van der Waals surface area contributed by atoms with Crippen molar-refractivity contribution in [1.82, 2.24) is 34.9 Å². The van der Waals surface area contributed by atoms with Crippen molar-refractivity contribution in [2.24, 2.45) is 0 Å². The van der Waals surface area contributed by atoms with Crippen molar-refractivity contribution < 1.29 is 4.79 Å². The van der Waals surface area contributed by atoms with E-state index in [2.05, 4.69) is 25.8 Å². The molecule has 0 spiro atoms. The fourth-order valence-electron chi connectivity index (χ4n) is 2.60. The predicted molar refractivity (Wildman–Crippen MR) is 95.2 cm³/mol. The molecule has 9 nitrogen and oxygen atoms in total. The standard InChI is InChI=1S/C15H14Cl2N8O/c16-13-2-1-10(5-14(13)17)20-15(26)23-8-12(9-23)24-6-11(21-22-24)7-25-18-3-4-19-25/h1-6,12H,7-9H2,(H,20,26). The maximum atomic E-state index is 12.3. The maximum Gasteiger partial charge on any atom is 0.321 e. The number of nitrogens with one attached hydrogen (secondary N) is 1. The van der Waals surface area contributed by atoms with Gasteiger partial charge in [-0.15, -0.1) is 5.10 Å². The van der Waals surface area contributed by atoms with Crippen LogP contribution in [0.2, 0.25) is 10.0 Å². The van der Waals surface area contributed by atoms with Crippen LogP contribution in [0.3, 0.4) is 0 Å². The average Bonchev–Trinajstić information content (AvgIpc) is 3.22. The van der Waals surface area contributed by atoms with E-state index in [0.29, 0.717) is 35.4 Å². The van der Waals surface area contributed by atoms with Crippen molar-refractivity contribution in [3.05, 3.63) is 52.5 Å². The molecule has 26 heavy (non-hydrogen) atoms. The highest BCUT2D eigenvalue weighted by atomic mass is 35.5. The molecule has 1 aromatic carbocycles. The lowest BCUT2D eigenvalue weighted by Gasteiger charge is -2.38. The van der Waals surface area contributed by atoms with Crippen LogP contribution in [0.4, 0.5) is 10.5 Å². The number of aromatic nitrogens is 6. The Morgan fingerprint density at radius 1 is 1.19 bits per heavy atom. The summed E-state index contributed by atoms with van der Waals surface area (Å²) in [5.74, 6) is 0. The Labute approximate surface area is 158 Å². The van der Waals surface area contributed by atoms with Crippen molar-refractivity contribution in [2.75, 3.05) is 18.4 Å². The lowest BCUT2D eigenvalue weighted by molar-refractivity contribution is 0.127. The number of halogens is 2. The molecule has 2 amide bonds. The molecule has 1 aliphatic heterocycles. The molecule has 1 aliphatic rings. The molecule has 3 aromatic rings.